The van der Waals surface area contributed by atoms with E-state index < -0.39 is 6.03 Å². The fourth-order valence-corrected chi connectivity index (χ4v) is 2.99. The summed E-state index contributed by atoms with van der Waals surface area (Å²) in [4.78, 5) is 24.0. The Morgan fingerprint density at radius 3 is 2.46 bits per heavy atom. The number of nitrogens with zero attached hydrogens (tertiary/aromatic N) is 2. The number of para-hydroxylation sites is 1. The smallest absolute Gasteiger partial charge is 0.325 e. The van der Waals surface area contributed by atoms with E-state index in [4.69, 9.17) is 11.6 Å². The summed E-state index contributed by atoms with van der Waals surface area (Å²) in [6, 6.07) is 15.4. The van der Waals surface area contributed by atoms with Crippen LogP contribution < -0.4 is 16.0 Å². The van der Waals surface area contributed by atoms with Crippen molar-refractivity contribution in [2.45, 2.75) is 6.42 Å². The summed E-state index contributed by atoms with van der Waals surface area (Å²) in [6.45, 7) is 0. The standard InChI is InChI=1S/C17H14ClN5O2S/c18-11-5-4-8-13(9-11)20-16(25)21-17-23-22-15(26-17)10-14(24)19-12-6-2-1-3-7-12/h1-9H,10H2,(H,19,24)(H2,20,21,23,25). The summed E-state index contributed by atoms with van der Waals surface area (Å²) >= 11 is 7.00. The molecule has 0 saturated carbocycles. The molecule has 0 aliphatic rings. The quantitative estimate of drug-likeness (QED) is 0.616. The first-order valence-electron chi connectivity index (χ1n) is 7.59. The van der Waals surface area contributed by atoms with E-state index in [1.54, 1.807) is 36.4 Å². The van der Waals surface area contributed by atoms with Gasteiger partial charge in [0.05, 0.1) is 6.42 Å². The lowest BCUT2D eigenvalue weighted by molar-refractivity contribution is -0.115. The molecule has 0 radical (unpaired) electrons. The summed E-state index contributed by atoms with van der Waals surface area (Å²) in [5.74, 6) is -0.206. The number of aromatic nitrogens is 2. The van der Waals surface area contributed by atoms with E-state index in [0.29, 0.717) is 26.5 Å². The average Bonchev–Trinajstić information content (AvgIpc) is 3.02. The van der Waals surface area contributed by atoms with Gasteiger partial charge < -0.3 is 10.6 Å². The third kappa shape index (κ3) is 5.27. The topological polar surface area (TPSA) is 96.0 Å². The molecule has 3 rings (SSSR count). The minimum atomic E-state index is -0.469. The second kappa shape index (κ2) is 8.41. The van der Waals surface area contributed by atoms with Crippen molar-refractivity contribution in [3.63, 3.8) is 0 Å². The lowest BCUT2D eigenvalue weighted by atomic mass is 10.3. The SMILES string of the molecule is O=C(Cc1nnc(NC(=O)Nc2cccc(Cl)c2)s1)Nc1ccccc1. The number of hydrogen-bond donors (Lipinski definition) is 3. The monoisotopic (exact) mass is 387 g/mol. The predicted octanol–water partition coefficient (Wildman–Crippen LogP) is 4.02. The maximum absolute atomic E-state index is 12.0. The van der Waals surface area contributed by atoms with E-state index in [1.165, 1.54) is 0 Å². The van der Waals surface area contributed by atoms with Crippen LogP contribution in [0, 0.1) is 0 Å². The average molecular weight is 388 g/mol. The van der Waals surface area contributed by atoms with Gasteiger partial charge in [-0.25, -0.2) is 4.79 Å². The van der Waals surface area contributed by atoms with Crippen LogP contribution in [0.25, 0.3) is 0 Å². The van der Waals surface area contributed by atoms with E-state index in [-0.39, 0.29) is 12.3 Å². The molecule has 0 fully saturated rings. The molecule has 1 heterocycles. The van der Waals surface area contributed by atoms with Gasteiger partial charge in [0.25, 0.3) is 0 Å². The molecule has 26 heavy (non-hydrogen) atoms. The minimum absolute atomic E-state index is 0.0736. The minimum Gasteiger partial charge on any atom is -0.326 e. The van der Waals surface area contributed by atoms with Crippen LogP contribution in [0.1, 0.15) is 5.01 Å². The first kappa shape index (κ1) is 17.8. The fraction of sp³-hybridized carbons (Fsp3) is 0.0588. The number of halogens is 1. The number of carbonyl (C=O) groups excluding carboxylic acids is 2. The van der Waals surface area contributed by atoms with E-state index >= 15 is 0 Å². The maximum atomic E-state index is 12.0. The zero-order valence-electron chi connectivity index (χ0n) is 13.4. The highest BCUT2D eigenvalue weighted by Crippen LogP contribution is 2.18. The Bertz CT molecular complexity index is 916. The van der Waals surface area contributed by atoms with Crippen molar-refractivity contribution in [2.24, 2.45) is 0 Å². The molecule has 7 nitrogen and oxygen atoms in total. The summed E-state index contributed by atoms with van der Waals surface area (Å²) in [5, 5.41) is 17.1. The van der Waals surface area contributed by atoms with Gasteiger partial charge >= 0.3 is 6.03 Å². The van der Waals surface area contributed by atoms with Crippen molar-refractivity contribution < 1.29 is 9.59 Å². The molecule has 0 bridgehead atoms. The number of benzene rings is 2. The van der Waals surface area contributed by atoms with Gasteiger partial charge in [-0.15, -0.1) is 10.2 Å². The Hall–Kier alpha value is -2.97. The molecule has 0 saturated heterocycles. The Balaban J connectivity index is 1.52. The highest BCUT2D eigenvalue weighted by Gasteiger charge is 2.12. The summed E-state index contributed by atoms with van der Waals surface area (Å²) in [5.41, 5.74) is 1.27. The van der Waals surface area contributed by atoms with Crippen molar-refractivity contribution >= 4 is 51.4 Å². The van der Waals surface area contributed by atoms with Crippen LogP contribution in [-0.4, -0.2) is 22.1 Å². The first-order valence-corrected chi connectivity index (χ1v) is 8.79. The molecule has 3 aromatic rings. The van der Waals surface area contributed by atoms with Crippen LogP contribution >= 0.6 is 22.9 Å². The second-order valence-electron chi connectivity index (χ2n) is 5.18. The summed E-state index contributed by atoms with van der Waals surface area (Å²) in [6.07, 6.45) is 0.0736. The van der Waals surface area contributed by atoms with Crippen LogP contribution in [0.2, 0.25) is 5.02 Å². The van der Waals surface area contributed by atoms with Crippen molar-refractivity contribution in [3.8, 4) is 0 Å². The zero-order valence-corrected chi connectivity index (χ0v) is 15.0. The molecule has 0 aliphatic carbocycles. The molecule has 0 atom stereocenters. The Labute approximate surface area is 158 Å². The number of hydrogen-bond acceptors (Lipinski definition) is 5. The van der Waals surface area contributed by atoms with Gasteiger partial charge in [-0.2, -0.15) is 0 Å². The molecule has 3 amide bonds. The normalized spacial score (nSPS) is 10.2. The van der Waals surface area contributed by atoms with E-state index in [0.717, 1.165) is 11.3 Å². The summed E-state index contributed by atoms with van der Waals surface area (Å²) < 4.78 is 0. The van der Waals surface area contributed by atoms with Crippen molar-refractivity contribution in [1.82, 2.24) is 10.2 Å². The van der Waals surface area contributed by atoms with Gasteiger partial charge in [-0.1, -0.05) is 47.2 Å². The lowest BCUT2D eigenvalue weighted by Crippen LogP contribution is -2.19. The highest BCUT2D eigenvalue weighted by molar-refractivity contribution is 7.15. The Kier molecular flexibility index (Phi) is 5.77. The van der Waals surface area contributed by atoms with E-state index in [9.17, 15) is 9.59 Å². The van der Waals surface area contributed by atoms with Gasteiger partial charge in [-0.3, -0.25) is 10.1 Å². The van der Waals surface area contributed by atoms with Crippen molar-refractivity contribution in [1.29, 1.82) is 0 Å². The molecule has 3 N–H and O–H groups in total. The first-order chi connectivity index (χ1) is 12.6. The molecule has 0 unspecified atom stereocenters. The van der Waals surface area contributed by atoms with Gasteiger partial charge in [0.2, 0.25) is 11.0 Å². The number of urea groups is 1. The molecule has 1 aromatic heterocycles. The molecular weight excluding hydrogens is 374 g/mol. The third-order valence-corrected chi connectivity index (χ3v) is 4.21. The molecule has 132 valence electrons. The Morgan fingerprint density at radius 1 is 0.923 bits per heavy atom. The Morgan fingerprint density at radius 2 is 1.69 bits per heavy atom. The van der Waals surface area contributed by atoms with E-state index in [2.05, 4.69) is 26.1 Å². The molecule has 9 heteroatoms. The number of anilines is 3. The number of carbonyl (C=O) groups is 2. The molecule has 2 aromatic carbocycles. The van der Waals surface area contributed by atoms with Crippen LogP contribution in [0.5, 0.6) is 0 Å². The number of amides is 3. The largest absolute Gasteiger partial charge is 0.326 e. The molecule has 0 spiro atoms. The van der Waals surface area contributed by atoms with E-state index in [1.807, 2.05) is 18.2 Å². The predicted molar refractivity (Wildman–Crippen MR) is 103 cm³/mol. The van der Waals surface area contributed by atoms with Crippen LogP contribution in [0.4, 0.5) is 21.3 Å². The van der Waals surface area contributed by atoms with Crippen LogP contribution in [0.3, 0.4) is 0 Å². The van der Waals surface area contributed by atoms with Gasteiger partial charge in [0.15, 0.2) is 0 Å². The zero-order chi connectivity index (χ0) is 18.4. The van der Waals surface area contributed by atoms with Gasteiger partial charge in [0, 0.05) is 16.4 Å². The van der Waals surface area contributed by atoms with Crippen molar-refractivity contribution in [3.05, 3.63) is 64.6 Å². The van der Waals surface area contributed by atoms with Gasteiger partial charge in [-0.05, 0) is 30.3 Å². The third-order valence-electron chi connectivity index (χ3n) is 3.14. The second-order valence-corrected chi connectivity index (χ2v) is 6.68. The van der Waals surface area contributed by atoms with Crippen LogP contribution in [0.15, 0.2) is 54.6 Å². The van der Waals surface area contributed by atoms with Crippen molar-refractivity contribution in [2.75, 3.05) is 16.0 Å². The summed E-state index contributed by atoms with van der Waals surface area (Å²) in [7, 11) is 0. The fourth-order valence-electron chi connectivity index (χ4n) is 2.07. The van der Waals surface area contributed by atoms with Gasteiger partial charge in [0.1, 0.15) is 5.01 Å². The highest BCUT2D eigenvalue weighted by atomic mass is 35.5. The molecule has 0 aliphatic heterocycles. The molecular formula is C17H14ClN5O2S. The number of rotatable bonds is 5. The number of nitrogens with one attached hydrogen (secondary N) is 3. The maximum Gasteiger partial charge on any atom is 0.325 e. The van der Waals surface area contributed by atoms with Crippen LogP contribution in [-0.2, 0) is 11.2 Å². The lowest BCUT2D eigenvalue weighted by Gasteiger charge is -2.05.